The first-order valence-corrected chi connectivity index (χ1v) is 14.2. The van der Waals surface area contributed by atoms with Gasteiger partial charge in [0.2, 0.25) is 5.91 Å². The van der Waals surface area contributed by atoms with Gasteiger partial charge in [-0.3, -0.25) is 4.79 Å². The van der Waals surface area contributed by atoms with E-state index in [-0.39, 0.29) is 11.9 Å². The summed E-state index contributed by atoms with van der Waals surface area (Å²) in [7, 11) is 4.92. The standard InChI is InChI=1S/C24H25NO5.4C2H6/c1-28-13-4-5-14-15(8-13)17-10-22(29-2)23(30-3)11-18(17)16-9-20-21(26)6-7-24(27)25(20)12-19(14)16;4*1-2/h4-5,8,10-11,20-21,26H,6-7,9,12H2,1-3H3;4*1-2H3. The SMILES string of the molecule is CC.CC.CC.CC.COc1ccc2c3c(c4cc(OC)c(OC)cc4c2c1)CC1C(O)CCC(=O)N1C3. The van der Waals surface area contributed by atoms with E-state index in [9.17, 15) is 9.90 Å². The summed E-state index contributed by atoms with van der Waals surface area (Å²) in [5, 5.41) is 14.9. The number of aliphatic hydroxyl groups excluding tert-OH is 1. The summed E-state index contributed by atoms with van der Waals surface area (Å²) in [5.41, 5.74) is 2.30. The highest BCUT2D eigenvalue weighted by molar-refractivity contribution is 6.12. The number of hydrogen-bond donors (Lipinski definition) is 1. The predicted molar refractivity (Wildman–Crippen MR) is 160 cm³/mol. The molecule has 5 rings (SSSR count). The molecule has 212 valence electrons. The number of nitrogens with zero attached hydrogens (tertiary/aromatic N) is 1. The van der Waals surface area contributed by atoms with E-state index in [0.29, 0.717) is 37.3 Å². The predicted octanol–water partition coefficient (Wildman–Crippen LogP) is 7.53. The molecule has 2 heterocycles. The van der Waals surface area contributed by atoms with Gasteiger partial charge in [-0.05, 0) is 69.8 Å². The first-order chi connectivity index (χ1) is 18.5. The van der Waals surface area contributed by atoms with Crippen LogP contribution >= 0.6 is 0 Å². The van der Waals surface area contributed by atoms with E-state index in [4.69, 9.17) is 14.2 Å². The lowest BCUT2D eigenvalue weighted by Gasteiger charge is -2.43. The molecule has 2 aliphatic heterocycles. The zero-order chi connectivity index (χ0) is 29.0. The highest BCUT2D eigenvalue weighted by atomic mass is 16.5. The third-order valence-electron chi connectivity index (χ3n) is 6.62. The monoisotopic (exact) mass is 527 g/mol. The van der Waals surface area contributed by atoms with Crippen LogP contribution in [0.25, 0.3) is 21.5 Å². The zero-order valence-electron chi connectivity index (χ0n) is 25.4. The maximum absolute atomic E-state index is 12.6. The van der Waals surface area contributed by atoms with Gasteiger partial charge in [0.05, 0.1) is 33.5 Å². The molecule has 0 bridgehead atoms. The van der Waals surface area contributed by atoms with Crippen molar-refractivity contribution in [3.63, 3.8) is 0 Å². The molecule has 0 spiro atoms. The lowest BCUT2D eigenvalue weighted by Crippen LogP contribution is -2.54. The highest BCUT2D eigenvalue weighted by Gasteiger charge is 2.39. The van der Waals surface area contributed by atoms with Gasteiger partial charge in [-0.25, -0.2) is 0 Å². The largest absolute Gasteiger partial charge is 0.497 e. The number of benzene rings is 3. The normalized spacial score (nSPS) is 17.1. The second-order valence-corrected chi connectivity index (χ2v) is 8.02. The first-order valence-electron chi connectivity index (χ1n) is 14.2. The van der Waals surface area contributed by atoms with Gasteiger partial charge in [-0.2, -0.15) is 0 Å². The van der Waals surface area contributed by atoms with Crippen molar-refractivity contribution in [2.75, 3.05) is 21.3 Å². The molecule has 1 saturated heterocycles. The van der Waals surface area contributed by atoms with Crippen LogP contribution in [0.2, 0.25) is 0 Å². The van der Waals surface area contributed by atoms with Crippen molar-refractivity contribution in [1.29, 1.82) is 0 Å². The molecule has 3 aromatic rings. The van der Waals surface area contributed by atoms with Gasteiger partial charge in [-0.1, -0.05) is 61.5 Å². The van der Waals surface area contributed by atoms with Gasteiger partial charge in [-0.15, -0.1) is 0 Å². The number of fused-ring (bicyclic) bond motifs is 7. The maximum atomic E-state index is 12.6. The number of rotatable bonds is 3. The topological polar surface area (TPSA) is 68.2 Å². The Balaban J connectivity index is 0.000000829. The number of amides is 1. The molecule has 0 radical (unpaired) electrons. The van der Waals surface area contributed by atoms with E-state index in [2.05, 4.69) is 6.07 Å². The molecule has 2 atom stereocenters. The van der Waals surface area contributed by atoms with Crippen molar-refractivity contribution in [2.24, 2.45) is 0 Å². The maximum Gasteiger partial charge on any atom is 0.223 e. The molecule has 1 N–H and O–H groups in total. The van der Waals surface area contributed by atoms with E-state index in [0.717, 1.165) is 32.9 Å². The number of carbonyl (C=O) groups excluding carboxylic acids is 1. The van der Waals surface area contributed by atoms with Crippen LogP contribution in [0, 0.1) is 0 Å². The molecule has 3 aromatic carbocycles. The molecule has 6 nitrogen and oxygen atoms in total. The molecule has 1 amide bonds. The summed E-state index contributed by atoms with van der Waals surface area (Å²) < 4.78 is 16.6. The third-order valence-corrected chi connectivity index (χ3v) is 6.62. The number of piperidine rings is 1. The van der Waals surface area contributed by atoms with Crippen molar-refractivity contribution in [3.8, 4) is 17.2 Å². The molecular formula is C32H49NO5. The fourth-order valence-electron chi connectivity index (χ4n) is 5.06. The van der Waals surface area contributed by atoms with Crippen molar-refractivity contribution >= 4 is 27.5 Å². The minimum Gasteiger partial charge on any atom is -0.497 e. The Kier molecular flexibility index (Phi) is 14.0. The Bertz CT molecular complexity index is 1170. The van der Waals surface area contributed by atoms with Crippen LogP contribution in [0.3, 0.4) is 0 Å². The number of aliphatic hydroxyl groups is 1. The Morgan fingerprint density at radius 2 is 1.29 bits per heavy atom. The van der Waals surface area contributed by atoms with E-state index >= 15 is 0 Å². The van der Waals surface area contributed by atoms with Crippen LogP contribution in [-0.2, 0) is 17.8 Å². The van der Waals surface area contributed by atoms with Gasteiger partial charge in [0.25, 0.3) is 0 Å². The van der Waals surface area contributed by atoms with Crippen LogP contribution in [0.5, 0.6) is 17.2 Å². The summed E-state index contributed by atoms with van der Waals surface area (Å²) in [5.74, 6) is 2.22. The molecule has 0 aliphatic carbocycles. The summed E-state index contributed by atoms with van der Waals surface area (Å²) in [6.45, 7) is 16.5. The van der Waals surface area contributed by atoms with E-state index in [1.165, 1.54) is 5.56 Å². The summed E-state index contributed by atoms with van der Waals surface area (Å²) in [6.07, 6.45) is 1.04. The fourth-order valence-corrected chi connectivity index (χ4v) is 5.06. The van der Waals surface area contributed by atoms with Crippen molar-refractivity contribution in [2.45, 2.75) is 93.3 Å². The minimum absolute atomic E-state index is 0.116. The van der Waals surface area contributed by atoms with Crippen LogP contribution < -0.4 is 14.2 Å². The van der Waals surface area contributed by atoms with Gasteiger partial charge < -0.3 is 24.2 Å². The third kappa shape index (κ3) is 6.35. The Labute approximate surface area is 229 Å². The molecule has 2 unspecified atom stereocenters. The van der Waals surface area contributed by atoms with E-state index in [1.807, 2.05) is 84.6 Å². The van der Waals surface area contributed by atoms with Gasteiger partial charge in [0, 0.05) is 13.0 Å². The lowest BCUT2D eigenvalue weighted by molar-refractivity contribution is -0.143. The molecule has 0 aromatic heterocycles. The summed E-state index contributed by atoms with van der Waals surface area (Å²) >= 11 is 0. The second kappa shape index (κ2) is 16.1. The van der Waals surface area contributed by atoms with Crippen LogP contribution in [-0.4, -0.2) is 49.4 Å². The Morgan fingerprint density at radius 1 is 0.737 bits per heavy atom. The molecule has 0 saturated carbocycles. The molecular weight excluding hydrogens is 478 g/mol. The van der Waals surface area contributed by atoms with Gasteiger partial charge in [0.1, 0.15) is 5.75 Å². The van der Waals surface area contributed by atoms with Crippen molar-refractivity contribution in [3.05, 3.63) is 41.5 Å². The summed E-state index contributed by atoms with van der Waals surface area (Å²) in [6, 6.07) is 9.88. The average Bonchev–Trinajstić information content (AvgIpc) is 3.01. The summed E-state index contributed by atoms with van der Waals surface area (Å²) in [4.78, 5) is 14.5. The van der Waals surface area contributed by atoms with Gasteiger partial charge >= 0.3 is 0 Å². The average molecular weight is 528 g/mol. The first kappa shape index (κ1) is 33.0. The quantitative estimate of drug-likeness (QED) is 0.357. The Morgan fingerprint density at radius 3 is 1.84 bits per heavy atom. The number of methoxy groups -OCH3 is 3. The molecule has 38 heavy (non-hydrogen) atoms. The van der Waals surface area contributed by atoms with Gasteiger partial charge in [0.15, 0.2) is 11.5 Å². The number of hydrogen-bond acceptors (Lipinski definition) is 5. The van der Waals surface area contributed by atoms with Crippen LogP contribution in [0.15, 0.2) is 30.3 Å². The molecule has 2 aliphatic rings. The van der Waals surface area contributed by atoms with Crippen molar-refractivity contribution in [1.82, 2.24) is 4.90 Å². The van der Waals surface area contributed by atoms with Crippen LogP contribution in [0.1, 0.15) is 79.4 Å². The molecule has 6 heteroatoms. The van der Waals surface area contributed by atoms with Crippen molar-refractivity contribution < 1.29 is 24.1 Å². The number of ether oxygens (including phenoxy) is 3. The van der Waals surface area contributed by atoms with Crippen LogP contribution in [0.4, 0.5) is 0 Å². The second-order valence-electron chi connectivity index (χ2n) is 8.02. The lowest BCUT2D eigenvalue weighted by atomic mass is 9.81. The number of carbonyl (C=O) groups is 1. The zero-order valence-corrected chi connectivity index (χ0v) is 25.4. The molecule has 1 fully saturated rings. The Hall–Kier alpha value is -2.99. The fraction of sp³-hybridized carbons (Fsp3) is 0.531. The minimum atomic E-state index is -0.502. The highest BCUT2D eigenvalue weighted by Crippen LogP contribution is 2.44. The van der Waals surface area contributed by atoms with E-state index < -0.39 is 6.10 Å². The van der Waals surface area contributed by atoms with E-state index in [1.54, 1.807) is 21.3 Å². The smallest absolute Gasteiger partial charge is 0.223 e.